The first kappa shape index (κ1) is 17.3. The highest BCUT2D eigenvalue weighted by atomic mass is 79.9. The maximum atomic E-state index is 5.84. The molecule has 0 saturated heterocycles. The van der Waals surface area contributed by atoms with Gasteiger partial charge in [-0.15, -0.1) is 0 Å². The molecular formula is C20H19Br2NO. The van der Waals surface area contributed by atoms with Gasteiger partial charge in [-0.2, -0.15) is 0 Å². The van der Waals surface area contributed by atoms with Gasteiger partial charge in [-0.3, -0.25) is 0 Å². The van der Waals surface area contributed by atoms with Gasteiger partial charge in [0.15, 0.2) is 0 Å². The summed E-state index contributed by atoms with van der Waals surface area (Å²) in [5, 5.41) is 6.01. The molecule has 0 saturated carbocycles. The lowest BCUT2D eigenvalue weighted by atomic mass is 10.1. The van der Waals surface area contributed by atoms with E-state index in [0.717, 1.165) is 26.9 Å². The van der Waals surface area contributed by atoms with E-state index >= 15 is 0 Å². The molecule has 4 heteroatoms. The van der Waals surface area contributed by atoms with Crippen molar-refractivity contribution in [3.05, 3.63) is 69.1 Å². The fraction of sp³-hybridized carbons (Fsp3) is 0.200. The smallest absolute Gasteiger partial charge is 0.148 e. The molecule has 0 aromatic heterocycles. The number of nitrogens with one attached hydrogen (secondary N) is 1. The van der Waals surface area contributed by atoms with E-state index in [1.54, 1.807) is 0 Å². The van der Waals surface area contributed by atoms with Crippen molar-refractivity contribution in [1.82, 2.24) is 0 Å². The Hall–Kier alpha value is -1.52. The van der Waals surface area contributed by atoms with E-state index in [4.69, 9.17) is 4.74 Å². The summed E-state index contributed by atoms with van der Waals surface area (Å²) in [6, 6.07) is 18.9. The van der Waals surface area contributed by atoms with Crippen LogP contribution in [0.3, 0.4) is 0 Å². The van der Waals surface area contributed by atoms with E-state index in [2.05, 4.69) is 91.8 Å². The molecule has 3 aromatic rings. The van der Waals surface area contributed by atoms with Crippen molar-refractivity contribution in [2.45, 2.75) is 26.5 Å². The van der Waals surface area contributed by atoms with Crippen molar-refractivity contribution in [1.29, 1.82) is 0 Å². The van der Waals surface area contributed by atoms with Crippen LogP contribution in [0.15, 0.2) is 63.5 Å². The predicted octanol–water partition coefficient (Wildman–Crippen LogP) is 6.76. The van der Waals surface area contributed by atoms with Crippen molar-refractivity contribution in [3.8, 4) is 5.75 Å². The average molecular weight is 449 g/mol. The minimum Gasteiger partial charge on any atom is -0.489 e. The standard InChI is InChI=1S/C20H19Br2NO/c1-13(2)24-20-17(21)10-14(11-18(20)22)12-23-19-9-5-7-15-6-3-4-8-16(15)19/h3-11,13,23H,12H2,1-2H3. The minimum atomic E-state index is 0.136. The second kappa shape index (κ2) is 7.58. The van der Waals surface area contributed by atoms with Crippen LogP contribution in [0, 0.1) is 0 Å². The maximum absolute atomic E-state index is 5.84. The van der Waals surface area contributed by atoms with Crippen LogP contribution in [-0.4, -0.2) is 6.10 Å². The third kappa shape index (κ3) is 3.93. The number of hydrogen-bond donors (Lipinski definition) is 1. The molecular weight excluding hydrogens is 430 g/mol. The molecule has 0 aliphatic rings. The van der Waals surface area contributed by atoms with Crippen LogP contribution in [0.2, 0.25) is 0 Å². The Balaban J connectivity index is 1.81. The number of hydrogen-bond acceptors (Lipinski definition) is 2. The average Bonchev–Trinajstić information content (AvgIpc) is 2.56. The zero-order valence-corrected chi connectivity index (χ0v) is 16.8. The first-order chi connectivity index (χ1) is 11.5. The second-order valence-electron chi connectivity index (χ2n) is 5.94. The Labute approximate surface area is 159 Å². The lowest BCUT2D eigenvalue weighted by Crippen LogP contribution is -2.07. The van der Waals surface area contributed by atoms with Crippen LogP contribution in [0.25, 0.3) is 10.8 Å². The summed E-state index contributed by atoms with van der Waals surface area (Å²) in [4.78, 5) is 0. The molecule has 0 fully saturated rings. The number of fused-ring (bicyclic) bond motifs is 1. The van der Waals surface area contributed by atoms with Gasteiger partial charge in [-0.1, -0.05) is 36.4 Å². The van der Waals surface area contributed by atoms with Gasteiger partial charge in [-0.05, 0) is 74.9 Å². The summed E-state index contributed by atoms with van der Waals surface area (Å²) in [7, 11) is 0. The van der Waals surface area contributed by atoms with Crippen molar-refractivity contribution in [2.24, 2.45) is 0 Å². The van der Waals surface area contributed by atoms with Gasteiger partial charge in [-0.25, -0.2) is 0 Å². The van der Waals surface area contributed by atoms with Gasteiger partial charge >= 0.3 is 0 Å². The third-order valence-corrected chi connectivity index (χ3v) is 4.86. The number of ether oxygens (including phenoxy) is 1. The van der Waals surface area contributed by atoms with E-state index in [-0.39, 0.29) is 6.10 Å². The Morgan fingerprint density at radius 3 is 2.33 bits per heavy atom. The SMILES string of the molecule is CC(C)Oc1c(Br)cc(CNc2cccc3ccccc23)cc1Br. The minimum absolute atomic E-state index is 0.136. The lowest BCUT2D eigenvalue weighted by Gasteiger charge is -2.15. The van der Waals surface area contributed by atoms with Crippen LogP contribution >= 0.6 is 31.9 Å². The van der Waals surface area contributed by atoms with Gasteiger partial charge in [0, 0.05) is 17.6 Å². The molecule has 0 amide bonds. The molecule has 0 bridgehead atoms. The van der Waals surface area contributed by atoms with Crippen LogP contribution < -0.4 is 10.1 Å². The zero-order valence-electron chi connectivity index (χ0n) is 13.6. The zero-order chi connectivity index (χ0) is 17.1. The van der Waals surface area contributed by atoms with Gasteiger partial charge in [0.05, 0.1) is 15.0 Å². The summed E-state index contributed by atoms with van der Waals surface area (Å²) >= 11 is 7.22. The molecule has 0 unspecified atom stereocenters. The monoisotopic (exact) mass is 447 g/mol. The molecule has 24 heavy (non-hydrogen) atoms. The van der Waals surface area contributed by atoms with Gasteiger partial charge in [0.25, 0.3) is 0 Å². The number of benzene rings is 3. The molecule has 3 aromatic carbocycles. The van der Waals surface area contributed by atoms with E-state index in [1.807, 2.05) is 13.8 Å². The molecule has 0 radical (unpaired) electrons. The number of halogens is 2. The first-order valence-corrected chi connectivity index (χ1v) is 9.49. The summed E-state index contributed by atoms with van der Waals surface area (Å²) in [5.74, 6) is 0.846. The molecule has 0 spiro atoms. The van der Waals surface area contributed by atoms with Crippen LogP contribution in [0.1, 0.15) is 19.4 Å². The van der Waals surface area contributed by atoms with Crippen molar-refractivity contribution in [2.75, 3.05) is 5.32 Å². The molecule has 0 heterocycles. The fourth-order valence-electron chi connectivity index (χ4n) is 2.64. The van der Waals surface area contributed by atoms with Gasteiger partial charge in [0.1, 0.15) is 5.75 Å². The molecule has 0 aliphatic carbocycles. The topological polar surface area (TPSA) is 21.3 Å². The lowest BCUT2D eigenvalue weighted by molar-refractivity contribution is 0.239. The summed E-state index contributed by atoms with van der Waals surface area (Å²) in [5.41, 5.74) is 2.32. The van der Waals surface area contributed by atoms with E-state index in [1.165, 1.54) is 16.3 Å². The van der Waals surface area contributed by atoms with Crippen molar-refractivity contribution >= 4 is 48.3 Å². The summed E-state index contributed by atoms with van der Waals surface area (Å²) < 4.78 is 7.75. The Morgan fingerprint density at radius 2 is 1.62 bits per heavy atom. The predicted molar refractivity (Wildman–Crippen MR) is 109 cm³/mol. The first-order valence-electron chi connectivity index (χ1n) is 7.91. The van der Waals surface area contributed by atoms with Crippen LogP contribution in [0.4, 0.5) is 5.69 Å². The molecule has 0 aliphatic heterocycles. The third-order valence-electron chi connectivity index (χ3n) is 3.68. The highest BCUT2D eigenvalue weighted by Gasteiger charge is 2.11. The maximum Gasteiger partial charge on any atom is 0.148 e. The number of rotatable bonds is 5. The van der Waals surface area contributed by atoms with E-state index < -0.39 is 0 Å². The Bertz CT molecular complexity index is 833. The quantitative estimate of drug-likeness (QED) is 0.465. The van der Waals surface area contributed by atoms with Crippen LogP contribution in [0.5, 0.6) is 5.75 Å². The van der Waals surface area contributed by atoms with Crippen molar-refractivity contribution in [3.63, 3.8) is 0 Å². The van der Waals surface area contributed by atoms with E-state index in [0.29, 0.717) is 0 Å². The Kier molecular flexibility index (Phi) is 5.47. The fourth-order valence-corrected chi connectivity index (χ4v) is 4.11. The van der Waals surface area contributed by atoms with Crippen molar-refractivity contribution < 1.29 is 4.74 Å². The second-order valence-corrected chi connectivity index (χ2v) is 7.64. The highest BCUT2D eigenvalue weighted by molar-refractivity contribution is 9.11. The molecule has 0 atom stereocenters. The molecule has 124 valence electrons. The Morgan fingerprint density at radius 1 is 0.958 bits per heavy atom. The van der Waals surface area contributed by atoms with Gasteiger partial charge in [0.2, 0.25) is 0 Å². The molecule has 2 nitrogen and oxygen atoms in total. The summed E-state index contributed by atoms with van der Waals surface area (Å²) in [6.07, 6.45) is 0.136. The molecule has 3 rings (SSSR count). The normalized spacial score (nSPS) is 11.0. The highest BCUT2D eigenvalue weighted by Crippen LogP contribution is 2.36. The largest absolute Gasteiger partial charge is 0.489 e. The number of anilines is 1. The van der Waals surface area contributed by atoms with E-state index in [9.17, 15) is 0 Å². The van der Waals surface area contributed by atoms with Gasteiger partial charge < -0.3 is 10.1 Å². The van der Waals surface area contributed by atoms with Crippen LogP contribution in [-0.2, 0) is 6.54 Å². The molecule has 1 N–H and O–H groups in total. The summed E-state index contributed by atoms with van der Waals surface area (Å²) in [6.45, 7) is 4.79.